The van der Waals surface area contributed by atoms with Crippen LogP contribution in [-0.4, -0.2) is 43.2 Å². The van der Waals surface area contributed by atoms with Crippen LogP contribution >= 0.6 is 11.8 Å². The molecule has 0 N–H and O–H groups in total. The topological polar surface area (TPSA) is 80.5 Å². The van der Waals surface area contributed by atoms with Gasteiger partial charge in [-0.1, -0.05) is 13.3 Å². The molecule has 0 spiro atoms. The summed E-state index contributed by atoms with van der Waals surface area (Å²) in [6, 6.07) is 3.03. The van der Waals surface area contributed by atoms with Gasteiger partial charge < -0.3 is 4.90 Å². The van der Waals surface area contributed by atoms with Gasteiger partial charge in [0.15, 0.2) is 0 Å². The molecule has 0 saturated carbocycles. The standard InChI is InChI=1S/C15H20F2N2O4S2/c1-2-24-11-5-3-4-8-18(10-11)13-7-6-12(9-14(13)19(20)21)25(22,23)15(16)17/h6-7,9,11,15H,2-5,8,10H2,1H3. The Hall–Kier alpha value is -1.42. The van der Waals surface area contributed by atoms with Crippen molar-refractivity contribution in [3.63, 3.8) is 0 Å². The first-order chi connectivity index (χ1) is 11.8. The Morgan fingerprint density at radius 3 is 2.72 bits per heavy atom. The number of nitrogens with zero attached hydrogens (tertiary/aromatic N) is 2. The second-order valence-corrected chi connectivity index (χ2v) is 9.23. The Labute approximate surface area is 149 Å². The molecule has 1 aromatic carbocycles. The lowest BCUT2D eigenvalue weighted by Gasteiger charge is -2.26. The van der Waals surface area contributed by atoms with E-state index in [2.05, 4.69) is 0 Å². The maximum absolute atomic E-state index is 12.7. The molecule has 1 atom stereocenters. The number of nitro benzene ring substituents is 1. The van der Waals surface area contributed by atoms with Crippen molar-refractivity contribution in [2.75, 3.05) is 23.7 Å². The third-order valence-electron chi connectivity index (χ3n) is 4.08. The van der Waals surface area contributed by atoms with Crippen LogP contribution in [0, 0.1) is 10.1 Å². The minimum Gasteiger partial charge on any atom is -0.365 e. The number of sulfone groups is 1. The number of alkyl halides is 2. The Bertz CT molecular complexity index is 728. The number of nitro groups is 1. The lowest BCUT2D eigenvalue weighted by atomic mass is 10.2. The van der Waals surface area contributed by atoms with E-state index >= 15 is 0 Å². The Morgan fingerprint density at radius 2 is 2.12 bits per heavy atom. The van der Waals surface area contributed by atoms with Gasteiger partial charge in [0.2, 0.25) is 9.84 Å². The molecule has 25 heavy (non-hydrogen) atoms. The van der Waals surface area contributed by atoms with Crippen LogP contribution in [0.3, 0.4) is 0 Å². The second kappa shape index (κ2) is 8.31. The molecule has 1 aliphatic rings. The number of rotatable bonds is 6. The number of thioether (sulfide) groups is 1. The van der Waals surface area contributed by atoms with Gasteiger partial charge in [-0.25, -0.2) is 8.42 Å². The predicted octanol–water partition coefficient (Wildman–Crippen LogP) is 3.70. The van der Waals surface area contributed by atoms with Gasteiger partial charge in [0.05, 0.1) is 9.82 Å². The van der Waals surface area contributed by atoms with Crippen molar-refractivity contribution in [3.05, 3.63) is 28.3 Å². The van der Waals surface area contributed by atoms with Gasteiger partial charge in [-0.3, -0.25) is 10.1 Å². The van der Waals surface area contributed by atoms with E-state index in [1.807, 2.05) is 11.8 Å². The molecule has 0 aliphatic carbocycles. The number of anilines is 1. The first-order valence-electron chi connectivity index (χ1n) is 7.94. The summed E-state index contributed by atoms with van der Waals surface area (Å²) in [4.78, 5) is 11.8. The summed E-state index contributed by atoms with van der Waals surface area (Å²) in [5.41, 5.74) is -0.175. The van der Waals surface area contributed by atoms with Crippen molar-refractivity contribution < 1.29 is 22.1 Å². The lowest BCUT2D eigenvalue weighted by molar-refractivity contribution is -0.384. The monoisotopic (exact) mass is 394 g/mol. The lowest BCUT2D eigenvalue weighted by Crippen LogP contribution is -2.30. The summed E-state index contributed by atoms with van der Waals surface area (Å²) in [7, 11) is -4.87. The molecular formula is C15H20F2N2O4S2. The van der Waals surface area contributed by atoms with Crippen LogP contribution in [0.2, 0.25) is 0 Å². The van der Waals surface area contributed by atoms with Crippen molar-refractivity contribution in [2.45, 2.75) is 42.1 Å². The van der Waals surface area contributed by atoms with Gasteiger partial charge in [-0.15, -0.1) is 0 Å². The molecule has 1 saturated heterocycles. The molecule has 1 aliphatic heterocycles. The highest BCUT2D eigenvalue weighted by Crippen LogP contribution is 2.35. The van der Waals surface area contributed by atoms with E-state index in [-0.39, 0.29) is 5.69 Å². The first-order valence-corrected chi connectivity index (χ1v) is 10.5. The number of benzene rings is 1. The molecule has 1 heterocycles. The number of halogens is 2. The van der Waals surface area contributed by atoms with Gasteiger partial charge in [0.1, 0.15) is 5.69 Å². The third kappa shape index (κ3) is 4.60. The van der Waals surface area contributed by atoms with Crippen molar-refractivity contribution in [1.82, 2.24) is 0 Å². The van der Waals surface area contributed by atoms with Crippen LogP contribution < -0.4 is 4.90 Å². The van der Waals surface area contributed by atoms with Crippen molar-refractivity contribution >= 4 is 33.0 Å². The molecule has 6 nitrogen and oxygen atoms in total. The summed E-state index contributed by atoms with van der Waals surface area (Å²) in [5, 5.41) is 11.7. The molecule has 2 rings (SSSR count). The van der Waals surface area contributed by atoms with E-state index < -0.39 is 31.1 Å². The first kappa shape index (κ1) is 19.9. The maximum atomic E-state index is 12.7. The SMILES string of the molecule is CCSC1CCCCN(c2ccc(S(=O)(=O)C(F)F)cc2[N+](=O)[O-])C1. The van der Waals surface area contributed by atoms with Crippen LogP contribution in [-0.2, 0) is 9.84 Å². The van der Waals surface area contributed by atoms with Crippen molar-refractivity contribution in [2.24, 2.45) is 0 Å². The molecule has 1 aromatic rings. The van der Waals surface area contributed by atoms with E-state index in [4.69, 9.17) is 0 Å². The van der Waals surface area contributed by atoms with Gasteiger partial charge in [0.25, 0.3) is 5.69 Å². The molecular weight excluding hydrogens is 374 g/mol. The quantitative estimate of drug-likeness (QED) is 0.541. The fourth-order valence-corrected chi connectivity index (χ4v) is 4.72. The van der Waals surface area contributed by atoms with Gasteiger partial charge in [-0.05, 0) is 30.7 Å². The zero-order chi connectivity index (χ0) is 18.6. The predicted molar refractivity (Wildman–Crippen MR) is 94.3 cm³/mol. The van der Waals surface area contributed by atoms with E-state index in [9.17, 15) is 27.3 Å². The highest BCUT2D eigenvalue weighted by Gasteiger charge is 2.31. The highest BCUT2D eigenvalue weighted by atomic mass is 32.2. The Kier molecular flexibility index (Phi) is 6.61. The summed E-state index contributed by atoms with van der Waals surface area (Å²) >= 11 is 1.78. The van der Waals surface area contributed by atoms with Gasteiger partial charge in [0, 0.05) is 24.4 Å². The molecule has 0 amide bonds. The summed E-state index contributed by atoms with van der Waals surface area (Å²) in [6.45, 7) is 3.27. The van der Waals surface area contributed by atoms with E-state index in [1.54, 1.807) is 11.8 Å². The summed E-state index contributed by atoms with van der Waals surface area (Å²) in [5.74, 6) is -2.67. The molecule has 10 heteroatoms. The van der Waals surface area contributed by atoms with Crippen LogP contribution in [0.5, 0.6) is 0 Å². The van der Waals surface area contributed by atoms with Crippen LogP contribution in [0.15, 0.2) is 23.1 Å². The fourth-order valence-electron chi connectivity index (χ4n) is 2.89. The zero-order valence-electron chi connectivity index (χ0n) is 13.7. The van der Waals surface area contributed by atoms with Crippen LogP contribution in [0.4, 0.5) is 20.2 Å². The molecule has 0 bridgehead atoms. The normalized spacial score (nSPS) is 19.0. The second-order valence-electron chi connectivity index (χ2n) is 5.73. The molecule has 0 radical (unpaired) electrons. The van der Waals surface area contributed by atoms with Crippen molar-refractivity contribution in [1.29, 1.82) is 0 Å². The van der Waals surface area contributed by atoms with E-state index in [0.717, 1.165) is 37.1 Å². The Morgan fingerprint density at radius 1 is 1.40 bits per heavy atom. The highest BCUT2D eigenvalue weighted by molar-refractivity contribution is 7.99. The minimum absolute atomic E-state index is 0.279. The molecule has 0 aromatic heterocycles. The summed E-state index contributed by atoms with van der Waals surface area (Å²) < 4.78 is 48.6. The smallest absolute Gasteiger partial charge is 0.341 e. The Balaban J connectivity index is 2.42. The fraction of sp³-hybridized carbons (Fsp3) is 0.600. The van der Waals surface area contributed by atoms with Gasteiger partial charge >= 0.3 is 5.76 Å². The largest absolute Gasteiger partial charge is 0.365 e. The zero-order valence-corrected chi connectivity index (χ0v) is 15.4. The minimum atomic E-state index is -4.87. The van der Waals surface area contributed by atoms with E-state index in [0.29, 0.717) is 18.3 Å². The van der Waals surface area contributed by atoms with Crippen LogP contribution in [0.1, 0.15) is 26.2 Å². The molecule has 1 fully saturated rings. The average molecular weight is 394 g/mol. The number of hydrogen-bond donors (Lipinski definition) is 0. The maximum Gasteiger partial charge on any atom is 0.341 e. The van der Waals surface area contributed by atoms with Gasteiger partial charge in [-0.2, -0.15) is 20.5 Å². The molecule has 1 unspecified atom stereocenters. The third-order valence-corrected chi connectivity index (χ3v) is 6.65. The van der Waals surface area contributed by atoms with E-state index in [1.165, 1.54) is 6.07 Å². The average Bonchev–Trinajstić information content (AvgIpc) is 2.80. The van der Waals surface area contributed by atoms with Crippen LogP contribution in [0.25, 0.3) is 0 Å². The number of hydrogen-bond acceptors (Lipinski definition) is 6. The van der Waals surface area contributed by atoms with Crippen molar-refractivity contribution in [3.8, 4) is 0 Å². The summed E-state index contributed by atoms with van der Waals surface area (Å²) in [6.07, 6.45) is 2.90. The molecule has 140 valence electrons.